The van der Waals surface area contributed by atoms with Gasteiger partial charge < -0.3 is 4.90 Å². The van der Waals surface area contributed by atoms with Gasteiger partial charge in [0.15, 0.2) is 0 Å². The van der Waals surface area contributed by atoms with Crippen molar-refractivity contribution in [3.63, 3.8) is 0 Å². The SMILES string of the molecule is CCc1c(C#N)c(Cl)nc(N2CCN(Cc3ccncc3)CC2)c1C#N. The normalized spacial score (nSPS) is 14.7. The lowest BCUT2D eigenvalue weighted by Crippen LogP contribution is -2.46. The second-order valence-electron chi connectivity index (χ2n) is 6.15. The van der Waals surface area contributed by atoms with Crippen molar-refractivity contribution in [1.82, 2.24) is 14.9 Å². The zero-order valence-electron chi connectivity index (χ0n) is 14.6. The van der Waals surface area contributed by atoms with Crippen molar-refractivity contribution >= 4 is 17.4 Å². The molecule has 0 atom stereocenters. The minimum atomic E-state index is 0.178. The smallest absolute Gasteiger partial charge is 0.149 e. The maximum Gasteiger partial charge on any atom is 0.149 e. The average molecular weight is 367 g/mol. The summed E-state index contributed by atoms with van der Waals surface area (Å²) in [6.45, 7) is 6.06. The van der Waals surface area contributed by atoms with Crippen LogP contribution in [0.1, 0.15) is 29.2 Å². The molecule has 2 aromatic heterocycles. The van der Waals surface area contributed by atoms with E-state index in [1.54, 1.807) is 12.4 Å². The lowest BCUT2D eigenvalue weighted by Gasteiger charge is -2.36. The van der Waals surface area contributed by atoms with Crippen LogP contribution < -0.4 is 4.90 Å². The van der Waals surface area contributed by atoms with Crippen LogP contribution in [-0.4, -0.2) is 41.0 Å². The fourth-order valence-corrected chi connectivity index (χ4v) is 3.50. The van der Waals surface area contributed by atoms with E-state index in [9.17, 15) is 10.5 Å². The van der Waals surface area contributed by atoms with Gasteiger partial charge in [-0.05, 0) is 29.7 Å². The van der Waals surface area contributed by atoms with Crippen LogP contribution in [0.2, 0.25) is 5.15 Å². The van der Waals surface area contributed by atoms with Gasteiger partial charge in [-0.15, -0.1) is 0 Å². The molecular formula is C19H19ClN6. The van der Waals surface area contributed by atoms with E-state index < -0.39 is 0 Å². The minimum Gasteiger partial charge on any atom is -0.353 e. The molecule has 3 rings (SSSR count). The highest BCUT2D eigenvalue weighted by Crippen LogP contribution is 2.30. The molecule has 0 unspecified atom stereocenters. The highest BCUT2D eigenvalue weighted by atomic mass is 35.5. The summed E-state index contributed by atoms with van der Waals surface area (Å²) in [5.41, 5.74) is 2.70. The molecule has 0 amide bonds. The Morgan fingerprint density at radius 1 is 1.08 bits per heavy atom. The first-order valence-corrected chi connectivity index (χ1v) is 8.94. The predicted octanol–water partition coefficient (Wildman–Crippen LogP) is 2.76. The van der Waals surface area contributed by atoms with Crippen LogP contribution in [0.3, 0.4) is 0 Å². The minimum absolute atomic E-state index is 0.178. The third-order valence-electron chi connectivity index (χ3n) is 4.64. The molecule has 1 saturated heterocycles. The van der Waals surface area contributed by atoms with E-state index in [-0.39, 0.29) is 5.15 Å². The van der Waals surface area contributed by atoms with E-state index in [1.165, 1.54) is 5.56 Å². The molecule has 2 aromatic rings. The third kappa shape index (κ3) is 3.62. The summed E-state index contributed by atoms with van der Waals surface area (Å²) in [5, 5.41) is 19.1. The van der Waals surface area contributed by atoms with E-state index in [2.05, 4.69) is 31.9 Å². The lowest BCUT2D eigenvalue weighted by atomic mass is 10.0. The number of pyridine rings is 2. The van der Waals surface area contributed by atoms with E-state index in [1.807, 2.05) is 19.1 Å². The molecule has 0 radical (unpaired) electrons. The van der Waals surface area contributed by atoms with Crippen LogP contribution in [0.25, 0.3) is 0 Å². The van der Waals surface area contributed by atoms with Gasteiger partial charge in [-0.25, -0.2) is 4.98 Å². The summed E-state index contributed by atoms with van der Waals surface area (Å²) in [5.74, 6) is 0.594. The number of hydrogen-bond acceptors (Lipinski definition) is 6. The van der Waals surface area contributed by atoms with Crippen molar-refractivity contribution < 1.29 is 0 Å². The van der Waals surface area contributed by atoms with E-state index in [0.717, 1.165) is 32.7 Å². The van der Waals surface area contributed by atoms with Gasteiger partial charge in [0, 0.05) is 45.1 Å². The number of rotatable bonds is 4. The second-order valence-corrected chi connectivity index (χ2v) is 6.51. The number of halogens is 1. The van der Waals surface area contributed by atoms with Gasteiger partial charge in [0.05, 0.1) is 11.1 Å². The maximum absolute atomic E-state index is 9.63. The van der Waals surface area contributed by atoms with E-state index in [0.29, 0.717) is 28.9 Å². The molecule has 0 aromatic carbocycles. The Balaban J connectivity index is 1.78. The fourth-order valence-electron chi connectivity index (χ4n) is 3.27. The Morgan fingerprint density at radius 3 is 2.31 bits per heavy atom. The Kier molecular flexibility index (Phi) is 5.68. The van der Waals surface area contributed by atoms with Crippen LogP contribution >= 0.6 is 11.6 Å². The van der Waals surface area contributed by atoms with Gasteiger partial charge in [0.25, 0.3) is 0 Å². The monoisotopic (exact) mass is 366 g/mol. The number of nitrogens with zero attached hydrogens (tertiary/aromatic N) is 6. The van der Waals surface area contributed by atoms with E-state index >= 15 is 0 Å². The van der Waals surface area contributed by atoms with Gasteiger partial charge in [-0.3, -0.25) is 9.88 Å². The summed E-state index contributed by atoms with van der Waals surface area (Å²) in [6, 6.07) is 8.35. The van der Waals surface area contributed by atoms with Crippen molar-refractivity contribution in [2.45, 2.75) is 19.9 Å². The second kappa shape index (κ2) is 8.14. The number of aromatic nitrogens is 2. The van der Waals surface area contributed by atoms with Crippen LogP contribution in [0.5, 0.6) is 0 Å². The number of hydrogen-bond donors (Lipinski definition) is 0. The topological polar surface area (TPSA) is 79.8 Å². The molecule has 3 heterocycles. The van der Waals surface area contributed by atoms with Gasteiger partial charge >= 0.3 is 0 Å². The molecule has 0 bridgehead atoms. The van der Waals surface area contributed by atoms with E-state index in [4.69, 9.17) is 11.6 Å². The van der Waals surface area contributed by atoms with Crippen LogP contribution in [-0.2, 0) is 13.0 Å². The zero-order valence-corrected chi connectivity index (χ0v) is 15.4. The molecule has 0 aliphatic carbocycles. The van der Waals surface area contributed by atoms with Crippen molar-refractivity contribution in [2.75, 3.05) is 31.1 Å². The highest BCUT2D eigenvalue weighted by molar-refractivity contribution is 6.30. The standard InChI is InChI=1S/C19H19ClN6/c1-2-15-16(11-21)18(20)24-19(17(15)12-22)26-9-7-25(8-10-26)13-14-3-5-23-6-4-14/h3-6H,2,7-10,13H2,1H3. The van der Waals surface area contributed by atoms with Crippen molar-refractivity contribution in [1.29, 1.82) is 10.5 Å². The predicted molar refractivity (Wildman–Crippen MR) is 99.8 cm³/mol. The summed E-state index contributed by atoms with van der Waals surface area (Å²) in [4.78, 5) is 12.9. The molecule has 0 N–H and O–H groups in total. The Bertz CT molecular complexity index is 860. The maximum atomic E-state index is 9.63. The highest BCUT2D eigenvalue weighted by Gasteiger charge is 2.24. The van der Waals surface area contributed by atoms with Crippen molar-refractivity contribution in [3.8, 4) is 12.1 Å². The fraction of sp³-hybridized carbons (Fsp3) is 0.368. The zero-order chi connectivity index (χ0) is 18.5. The molecular weight excluding hydrogens is 348 g/mol. The first-order valence-electron chi connectivity index (χ1n) is 8.56. The summed E-state index contributed by atoms with van der Waals surface area (Å²) < 4.78 is 0. The molecule has 6 nitrogen and oxygen atoms in total. The third-order valence-corrected chi connectivity index (χ3v) is 4.92. The van der Waals surface area contributed by atoms with Crippen molar-refractivity contribution in [2.24, 2.45) is 0 Å². The summed E-state index contributed by atoms with van der Waals surface area (Å²) in [6.07, 6.45) is 4.18. The Morgan fingerprint density at radius 2 is 1.73 bits per heavy atom. The first kappa shape index (κ1) is 18.1. The molecule has 1 aliphatic rings. The molecule has 132 valence electrons. The van der Waals surface area contributed by atoms with Gasteiger partial charge in [-0.1, -0.05) is 18.5 Å². The summed E-state index contributed by atoms with van der Waals surface area (Å²) >= 11 is 6.21. The molecule has 1 fully saturated rings. The number of anilines is 1. The quantitative estimate of drug-likeness (QED) is 0.774. The van der Waals surface area contributed by atoms with Crippen LogP contribution in [0.4, 0.5) is 5.82 Å². The van der Waals surface area contributed by atoms with Gasteiger partial charge in [0.1, 0.15) is 23.1 Å². The van der Waals surface area contributed by atoms with Gasteiger partial charge in [-0.2, -0.15) is 10.5 Å². The molecule has 0 spiro atoms. The number of nitriles is 2. The number of piperazine rings is 1. The largest absolute Gasteiger partial charge is 0.353 e. The molecule has 26 heavy (non-hydrogen) atoms. The van der Waals surface area contributed by atoms with Gasteiger partial charge in [0.2, 0.25) is 0 Å². The average Bonchev–Trinajstić information content (AvgIpc) is 2.68. The first-order chi connectivity index (χ1) is 12.7. The van der Waals surface area contributed by atoms with Crippen LogP contribution in [0.15, 0.2) is 24.5 Å². The molecule has 1 aliphatic heterocycles. The Labute approximate surface area is 158 Å². The molecule has 0 saturated carbocycles. The molecule has 7 heteroatoms. The summed E-state index contributed by atoms with van der Waals surface area (Å²) in [7, 11) is 0. The van der Waals surface area contributed by atoms with Crippen molar-refractivity contribution in [3.05, 3.63) is 51.9 Å². The Hall–Kier alpha value is -2.67. The van der Waals surface area contributed by atoms with Crippen LogP contribution in [0, 0.1) is 22.7 Å². The lowest BCUT2D eigenvalue weighted by molar-refractivity contribution is 0.249.